The molecule has 3 heterocycles. The van der Waals surface area contributed by atoms with Gasteiger partial charge in [-0.1, -0.05) is 19.3 Å². The van der Waals surface area contributed by atoms with Gasteiger partial charge >= 0.3 is 0 Å². The van der Waals surface area contributed by atoms with Gasteiger partial charge in [0.25, 0.3) is 5.91 Å². The number of hydrogen-bond acceptors (Lipinski definition) is 5. The summed E-state index contributed by atoms with van der Waals surface area (Å²) in [5, 5.41) is 7.84. The molecule has 3 N–H and O–H groups in total. The minimum Gasteiger partial charge on any atom is -0.353 e. The van der Waals surface area contributed by atoms with E-state index in [1.165, 1.54) is 6.42 Å². The van der Waals surface area contributed by atoms with Gasteiger partial charge in [-0.3, -0.25) is 14.6 Å². The summed E-state index contributed by atoms with van der Waals surface area (Å²) >= 11 is 2.06. The third kappa shape index (κ3) is 4.19. The number of amides is 2. The number of aliphatic imine (C=N–C) groups is 1. The van der Waals surface area contributed by atoms with Crippen molar-refractivity contribution in [3.05, 3.63) is 35.8 Å². The highest BCUT2D eigenvalue weighted by atomic mass is 127. The van der Waals surface area contributed by atoms with Crippen molar-refractivity contribution in [2.75, 3.05) is 5.32 Å². The number of anilines is 1. The highest BCUT2D eigenvalue weighted by molar-refractivity contribution is 14.1. The van der Waals surface area contributed by atoms with E-state index in [0.717, 1.165) is 53.5 Å². The van der Waals surface area contributed by atoms with Crippen molar-refractivity contribution >= 4 is 61.4 Å². The molecule has 5 rings (SSSR count). The fraction of sp³-hybridized carbons (Fsp3) is 0.348. The van der Waals surface area contributed by atoms with Crippen LogP contribution in [0.5, 0.6) is 0 Å². The molecule has 1 fully saturated rings. The third-order valence-corrected chi connectivity index (χ3v) is 6.67. The summed E-state index contributed by atoms with van der Waals surface area (Å²) < 4.78 is 3.53. The first-order chi connectivity index (χ1) is 16.0. The lowest BCUT2D eigenvalue weighted by Crippen LogP contribution is -2.34. The zero-order chi connectivity index (χ0) is 22.9. The summed E-state index contributed by atoms with van der Waals surface area (Å²) in [5.74, 6) is -0.241. The van der Waals surface area contributed by atoms with Crippen LogP contribution in [0.15, 0.2) is 34.8 Å². The number of aryl methyl sites for hydroxylation is 1. The quantitative estimate of drug-likeness (QED) is 0.325. The van der Waals surface area contributed by atoms with Crippen molar-refractivity contribution in [1.82, 2.24) is 20.0 Å². The zero-order valence-corrected chi connectivity index (χ0v) is 20.3. The lowest BCUT2D eigenvalue weighted by Gasteiger charge is -2.26. The number of aromatic amines is 1. The van der Waals surface area contributed by atoms with E-state index in [2.05, 4.69) is 53.4 Å². The zero-order valence-electron chi connectivity index (χ0n) is 18.1. The monoisotopic (exact) mass is 557 g/mol. The number of hydrogen-bond donors (Lipinski definition) is 3. The summed E-state index contributed by atoms with van der Waals surface area (Å²) in [4.78, 5) is 38.3. The number of halogens is 1. The Bertz CT molecular complexity index is 1280. The van der Waals surface area contributed by atoms with E-state index in [1.54, 1.807) is 22.8 Å². The molecule has 0 spiro atoms. The molecular formula is C23H24IN7O2. The van der Waals surface area contributed by atoms with Crippen molar-refractivity contribution < 1.29 is 9.59 Å². The molecule has 33 heavy (non-hydrogen) atoms. The predicted octanol–water partition coefficient (Wildman–Crippen LogP) is 4.00. The summed E-state index contributed by atoms with van der Waals surface area (Å²) in [5.41, 5.74) is 6.57. The van der Waals surface area contributed by atoms with Gasteiger partial charge in [0.1, 0.15) is 11.7 Å². The summed E-state index contributed by atoms with van der Waals surface area (Å²) in [6.07, 6.45) is 10.7. The molecule has 9 nitrogen and oxygen atoms in total. The van der Waals surface area contributed by atoms with Crippen molar-refractivity contribution in [2.24, 2.45) is 23.1 Å². The number of benzene rings is 1. The van der Waals surface area contributed by atoms with E-state index in [-0.39, 0.29) is 17.7 Å². The van der Waals surface area contributed by atoms with Gasteiger partial charge in [0.05, 0.1) is 28.0 Å². The topological polar surface area (TPSA) is 117 Å². The lowest BCUT2D eigenvalue weighted by molar-refractivity contribution is -0.118. The molecule has 10 heteroatoms. The van der Waals surface area contributed by atoms with Crippen LogP contribution in [-0.4, -0.2) is 42.8 Å². The normalized spacial score (nSPS) is 17.3. The highest BCUT2D eigenvalue weighted by Gasteiger charge is 2.30. The molecular weight excluding hydrogens is 533 g/mol. The minimum atomic E-state index is -0.433. The van der Waals surface area contributed by atoms with Crippen LogP contribution in [0.1, 0.15) is 48.0 Å². The van der Waals surface area contributed by atoms with Crippen LogP contribution in [0.3, 0.4) is 0 Å². The number of imidazole rings is 1. The Morgan fingerprint density at radius 2 is 2.15 bits per heavy atom. The van der Waals surface area contributed by atoms with Crippen LogP contribution < -0.4 is 10.7 Å². The molecule has 2 aliphatic rings. The van der Waals surface area contributed by atoms with E-state index in [9.17, 15) is 9.59 Å². The fourth-order valence-electron chi connectivity index (χ4n) is 4.83. The number of nitrogens with zero attached hydrogens (tertiary/aromatic N) is 4. The first-order valence-corrected chi connectivity index (χ1v) is 12.2. The number of hydrazone groups is 1. The molecule has 0 radical (unpaired) electrons. The molecule has 3 aromatic rings. The molecule has 1 saturated carbocycles. The second-order valence-electron chi connectivity index (χ2n) is 8.56. The van der Waals surface area contributed by atoms with E-state index >= 15 is 0 Å². The second-order valence-corrected chi connectivity index (χ2v) is 9.12. The Morgan fingerprint density at radius 3 is 2.88 bits per heavy atom. The first kappa shape index (κ1) is 21.8. The maximum atomic E-state index is 13.2. The highest BCUT2D eigenvalue weighted by Crippen LogP contribution is 2.34. The maximum absolute atomic E-state index is 13.2. The number of H-pyrrole nitrogens is 1. The number of carbonyl (C=O) groups excluding carboxylic acids is 2. The Hall–Kier alpha value is -3.02. The molecule has 1 aromatic carbocycles. The molecule has 1 aliphatic carbocycles. The summed E-state index contributed by atoms with van der Waals surface area (Å²) in [6.45, 7) is 0. The van der Waals surface area contributed by atoms with Gasteiger partial charge in [-0.05, 0) is 53.5 Å². The molecule has 0 unspecified atom stereocenters. The van der Waals surface area contributed by atoms with Crippen molar-refractivity contribution in [1.29, 1.82) is 0 Å². The largest absolute Gasteiger partial charge is 0.353 e. The van der Waals surface area contributed by atoms with Crippen molar-refractivity contribution in [3.63, 3.8) is 0 Å². The number of carbonyl (C=O) groups is 2. The second kappa shape index (κ2) is 9.08. The van der Waals surface area contributed by atoms with Gasteiger partial charge in [-0.15, -0.1) is 0 Å². The fourth-order valence-corrected chi connectivity index (χ4v) is 5.17. The first-order valence-electron chi connectivity index (χ1n) is 11.0. The lowest BCUT2D eigenvalue weighted by atomic mass is 9.84. The SMILES string of the molecule is Cn1cnc(-c2[nH]c3cc(NC(=O)[C@H](/N=C\I)C4CCCCC4)cc4c3c2C=NNC4=O)c1. The molecule has 1 atom stereocenters. The molecule has 2 amide bonds. The van der Waals surface area contributed by atoms with Crippen molar-refractivity contribution in [3.8, 4) is 11.4 Å². The van der Waals surface area contributed by atoms with Crippen LogP contribution in [-0.2, 0) is 11.8 Å². The van der Waals surface area contributed by atoms with E-state index in [1.807, 2.05) is 23.9 Å². The molecule has 1 aliphatic heterocycles. The Balaban J connectivity index is 1.54. The summed E-state index contributed by atoms with van der Waals surface area (Å²) in [6, 6.07) is 3.12. The average molecular weight is 557 g/mol. The number of rotatable bonds is 5. The van der Waals surface area contributed by atoms with Crippen molar-refractivity contribution in [2.45, 2.75) is 38.1 Å². The summed E-state index contributed by atoms with van der Waals surface area (Å²) in [7, 11) is 1.90. The Kier molecular flexibility index (Phi) is 6.00. The van der Waals surface area contributed by atoms with Gasteiger partial charge in [0.15, 0.2) is 0 Å². The Morgan fingerprint density at radius 1 is 1.33 bits per heavy atom. The molecule has 0 saturated heterocycles. The van der Waals surface area contributed by atoms with Crippen LogP contribution in [0.4, 0.5) is 5.69 Å². The number of nitrogens with one attached hydrogen (secondary N) is 3. The molecule has 0 bridgehead atoms. The van der Waals surface area contributed by atoms with Crippen LogP contribution in [0.2, 0.25) is 0 Å². The third-order valence-electron chi connectivity index (χ3n) is 6.35. The van der Waals surface area contributed by atoms with Gasteiger partial charge in [0.2, 0.25) is 5.91 Å². The van der Waals surface area contributed by atoms with Crippen LogP contribution in [0.25, 0.3) is 22.3 Å². The van der Waals surface area contributed by atoms with Gasteiger partial charge in [0, 0.05) is 35.4 Å². The van der Waals surface area contributed by atoms with Crippen LogP contribution >= 0.6 is 22.6 Å². The van der Waals surface area contributed by atoms with Gasteiger partial charge in [-0.2, -0.15) is 5.10 Å². The van der Waals surface area contributed by atoms with E-state index < -0.39 is 6.04 Å². The van der Waals surface area contributed by atoms with Crippen LogP contribution in [0, 0.1) is 5.92 Å². The average Bonchev–Trinajstić information content (AvgIpc) is 3.36. The number of aromatic nitrogens is 3. The Labute approximate surface area is 204 Å². The minimum absolute atomic E-state index is 0.150. The maximum Gasteiger partial charge on any atom is 0.272 e. The predicted molar refractivity (Wildman–Crippen MR) is 137 cm³/mol. The standard InChI is InChI=1S/C23H24IN7O2/c1-31-10-18(26-12-31)21-16-9-27-30-22(32)15-7-14(8-17(29-21)19(15)16)28-23(33)20(25-11-24)13-5-3-2-4-6-13/h7-13,20,29H,2-6H2,1H3,(H,28,33)(H,30,32)/b25-11-/t20-/m1/s1. The van der Waals surface area contributed by atoms with E-state index in [0.29, 0.717) is 11.3 Å². The smallest absolute Gasteiger partial charge is 0.272 e. The van der Waals surface area contributed by atoms with Gasteiger partial charge < -0.3 is 14.9 Å². The van der Waals surface area contributed by atoms with E-state index in [4.69, 9.17) is 0 Å². The molecule has 2 aromatic heterocycles. The van der Waals surface area contributed by atoms with Gasteiger partial charge in [-0.25, -0.2) is 10.4 Å². The molecule has 170 valence electrons.